The van der Waals surface area contributed by atoms with Gasteiger partial charge in [0.05, 0.1) is 12.8 Å². The van der Waals surface area contributed by atoms with Gasteiger partial charge in [-0.3, -0.25) is 0 Å². The summed E-state index contributed by atoms with van der Waals surface area (Å²) in [6.45, 7) is 0. The average molecular weight is 221 g/mol. The fraction of sp³-hybridized carbons (Fsp3) is 0.167. The number of hydrogen-bond acceptors (Lipinski definition) is 3. The number of aromatic nitrogens is 1. The first kappa shape index (κ1) is 8.26. The van der Waals surface area contributed by atoms with Crippen molar-refractivity contribution >= 4 is 21.6 Å². The van der Waals surface area contributed by atoms with Crippen molar-refractivity contribution in [1.82, 2.24) is 4.98 Å². The molecule has 1 heterocycles. The minimum Gasteiger partial charge on any atom is -0.479 e. The highest BCUT2D eigenvalue weighted by molar-refractivity contribution is 9.10. The van der Waals surface area contributed by atoms with E-state index >= 15 is 0 Å². The Hall–Kier alpha value is -0.840. The van der Waals surface area contributed by atoms with Crippen LogP contribution in [-0.4, -0.2) is 12.1 Å². The van der Waals surface area contributed by atoms with Crippen molar-refractivity contribution in [3.05, 3.63) is 16.5 Å². The third-order valence-corrected chi connectivity index (χ3v) is 1.68. The number of anilines is 1. The standard InChI is InChI=1S/C6H6BrFN2O/c1-11-6-4(9)2-3(8)5(7)10-6/h2H,9H2,1H3. The molecule has 60 valence electrons. The van der Waals surface area contributed by atoms with Crippen molar-refractivity contribution in [1.29, 1.82) is 0 Å². The molecule has 0 atom stereocenters. The zero-order valence-electron chi connectivity index (χ0n) is 5.77. The van der Waals surface area contributed by atoms with Crippen LogP contribution in [0.3, 0.4) is 0 Å². The average Bonchev–Trinajstić information content (AvgIpc) is 1.97. The van der Waals surface area contributed by atoms with E-state index in [9.17, 15) is 4.39 Å². The van der Waals surface area contributed by atoms with Crippen LogP contribution in [0.5, 0.6) is 5.88 Å². The van der Waals surface area contributed by atoms with Gasteiger partial charge < -0.3 is 10.5 Å². The van der Waals surface area contributed by atoms with Gasteiger partial charge >= 0.3 is 0 Å². The Morgan fingerprint density at radius 1 is 1.73 bits per heavy atom. The van der Waals surface area contributed by atoms with E-state index in [1.54, 1.807) is 0 Å². The first-order valence-corrected chi connectivity index (χ1v) is 3.60. The number of nitrogens with two attached hydrogens (primary N) is 1. The summed E-state index contributed by atoms with van der Waals surface area (Å²) in [5, 5.41) is 0. The maximum Gasteiger partial charge on any atom is 0.238 e. The SMILES string of the molecule is COc1nc(Br)c(F)cc1N. The highest BCUT2D eigenvalue weighted by Gasteiger charge is 2.06. The molecule has 1 aromatic heterocycles. The summed E-state index contributed by atoms with van der Waals surface area (Å²) in [5.74, 6) is -0.276. The number of ether oxygens (including phenoxy) is 1. The van der Waals surface area contributed by atoms with Gasteiger partial charge in [-0.05, 0) is 15.9 Å². The molecule has 0 amide bonds. The maximum absolute atomic E-state index is 12.7. The van der Waals surface area contributed by atoms with Gasteiger partial charge in [-0.15, -0.1) is 0 Å². The third-order valence-electron chi connectivity index (χ3n) is 1.12. The molecule has 0 aliphatic heterocycles. The summed E-state index contributed by atoms with van der Waals surface area (Å²) < 4.78 is 17.5. The molecule has 5 heteroatoms. The van der Waals surface area contributed by atoms with Crippen molar-refractivity contribution in [3.63, 3.8) is 0 Å². The van der Waals surface area contributed by atoms with Crippen LogP contribution in [0.1, 0.15) is 0 Å². The Bertz CT molecular complexity index is 280. The van der Waals surface area contributed by atoms with Gasteiger partial charge in [-0.1, -0.05) is 0 Å². The van der Waals surface area contributed by atoms with Crippen molar-refractivity contribution in [3.8, 4) is 5.88 Å². The number of rotatable bonds is 1. The Balaban J connectivity index is 3.21. The van der Waals surface area contributed by atoms with Crippen LogP contribution >= 0.6 is 15.9 Å². The van der Waals surface area contributed by atoms with Gasteiger partial charge in [0, 0.05) is 6.07 Å². The monoisotopic (exact) mass is 220 g/mol. The fourth-order valence-corrected chi connectivity index (χ4v) is 0.904. The zero-order valence-corrected chi connectivity index (χ0v) is 7.35. The highest BCUT2D eigenvalue weighted by Crippen LogP contribution is 2.23. The molecule has 0 spiro atoms. The lowest BCUT2D eigenvalue weighted by atomic mass is 10.4. The number of methoxy groups -OCH3 is 1. The van der Waals surface area contributed by atoms with Gasteiger partial charge in [0.2, 0.25) is 5.88 Å². The summed E-state index contributed by atoms with van der Waals surface area (Å²) in [6.07, 6.45) is 0. The third kappa shape index (κ3) is 1.59. The summed E-state index contributed by atoms with van der Waals surface area (Å²) in [7, 11) is 1.42. The van der Waals surface area contributed by atoms with Crippen LogP contribution < -0.4 is 10.5 Å². The van der Waals surface area contributed by atoms with Crippen LogP contribution in [0, 0.1) is 5.82 Å². The minimum absolute atomic E-state index is 0.101. The minimum atomic E-state index is -0.497. The smallest absolute Gasteiger partial charge is 0.238 e. The van der Waals surface area contributed by atoms with Crippen molar-refractivity contribution < 1.29 is 9.13 Å². The van der Waals surface area contributed by atoms with E-state index < -0.39 is 5.82 Å². The number of pyridine rings is 1. The molecule has 0 bridgehead atoms. The van der Waals surface area contributed by atoms with Gasteiger partial charge in [0.15, 0.2) is 5.82 Å². The predicted octanol–water partition coefficient (Wildman–Crippen LogP) is 1.57. The van der Waals surface area contributed by atoms with Gasteiger partial charge in [-0.2, -0.15) is 0 Å². The van der Waals surface area contributed by atoms with Crippen molar-refractivity contribution in [2.75, 3.05) is 12.8 Å². The second-order valence-electron chi connectivity index (χ2n) is 1.86. The summed E-state index contributed by atoms with van der Waals surface area (Å²) in [4.78, 5) is 3.69. The Morgan fingerprint density at radius 3 is 2.91 bits per heavy atom. The highest BCUT2D eigenvalue weighted by atomic mass is 79.9. The molecule has 0 aliphatic carbocycles. The largest absolute Gasteiger partial charge is 0.479 e. The summed E-state index contributed by atoms with van der Waals surface area (Å²) in [5.41, 5.74) is 5.54. The lowest BCUT2D eigenvalue weighted by molar-refractivity contribution is 0.397. The van der Waals surface area contributed by atoms with Gasteiger partial charge in [0.25, 0.3) is 0 Å². The molecule has 0 radical (unpaired) electrons. The van der Waals surface area contributed by atoms with E-state index in [0.29, 0.717) is 0 Å². The van der Waals surface area contributed by atoms with E-state index in [-0.39, 0.29) is 16.2 Å². The molecule has 0 aliphatic rings. The molecule has 0 unspecified atom stereocenters. The van der Waals surface area contributed by atoms with Gasteiger partial charge in [0.1, 0.15) is 4.60 Å². The lowest BCUT2D eigenvalue weighted by Gasteiger charge is -2.02. The maximum atomic E-state index is 12.7. The van der Waals surface area contributed by atoms with Crippen LogP contribution in [0.25, 0.3) is 0 Å². The van der Waals surface area contributed by atoms with Crippen LogP contribution in [0.4, 0.5) is 10.1 Å². The molecule has 0 fully saturated rings. The van der Waals surface area contributed by atoms with Crippen LogP contribution in [0.2, 0.25) is 0 Å². The second-order valence-corrected chi connectivity index (χ2v) is 2.61. The first-order chi connectivity index (χ1) is 5.15. The quantitative estimate of drug-likeness (QED) is 0.732. The number of nitrogens with zero attached hydrogens (tertiary/aromatic N) is 1. The Labute approximate surface area is 71.5 Å². The molecule has 1 rings (SSSR count). The molecule has 11 heavy (non-hydrogen) atoms. The second kappa shape index (κ2) is 3.04. The Kier molecular flexibility index (Phi) is 2.28. The zero-order chi connectivity index (χ0) is 8.43. The lowest BCUT2D eigenvalue weighted by Crippen LogP contribution is -1.97. The van der Waals surface area contributed by atoms with Crippen molar-refractivity contribution in [2.45, 2.75) is 0 Å². The van der Waals surface area contributed by atoms with E-state index in [1.807, 2.05) is 0 Å². The van der Waals surface area contributed by atoms with E-state index in [4.69, 9.17) is 10.5 Å². The normalized spacial score (nSPS) is 9.73. The summed E-state index contributed by atoms with van der Waals surface area (Å²) >= 11 is 2.90. The topological polar surface area (TPSA) is 48.1 Å². The van der Waals surface area contributed by atoms with Crippen molar-refractivity contribution in [2.24, 2.45) is 0 Å². The Morgan fingerprint density at radius 2 is 2.36 bits per heavy atom. The molecule has 2 N–H and O–H groups in total. The summed E-state index contributed by atoms with van der Waals surface area (Å²) in [6, 6.07) is 1.15. The van der Waals surface area contributed by atoms with Gasteiger partial charge in [-0.25, -0.2) is 9.37 Å². The fourth-order valence-electron chi connectivity index (χ4n) is 0.628. The molecule has 3 nitrogen and oxygen atoms in total. The molecule has 0 saturated carbocycles. The van der Waals surface area contributed by atoms with Crippen LogP contribution in [-0.2, 0) is 0 Å². The molecular formula is C6H6BrFN2O. The number of halogens is 2. The molecular weight excluding hydrogens is 215 g/mol. The predicted molar refractivity (Wildman–Crippen MR) is 42.9 cm³/mol. The van der Waals surface area contributed by atoms with E-state index in [1.165, 1.54) is 7.11 Å². The molecule has 0 aromatic carbocycles. The molecule has 1 aromatic rings. The number of hydrogen-bond donors (Lipinski definition) is 1. The molecule has 0 saturated heterocycles. The number of nitrogen functional groups attached to an aromatic ring is 1. The van der Waals surface area contributed by atoms with E-state index in [2.05, 4.69) is 20.9 Å². The van der Waals surface area contributed by atoms with E-state index in [0.717, 1.165) is 6.07 Å². The van der Waals surface area contributed by atoms with Crippen LogP contribution in [0.15, 0.2) is 10.7 Å². The first-order valence-electron chi connectivity index (χ1n) is 2.80.